The Bertz CT molecular complexity index is 641. The number of ketones is 1. The highest BCUT2D eigenvalue weighted by Crippen LogP contribution is 2.17. The number of carbonyl (C=O) groups is 1. The molecule has 0 N–H and O–H groups in total. The number of hydrogen-bond acceptors (Lipinski definition) is 2. The lowest BCUT2D eigenvalue weighted by Crippen LogP contribution is -2.12. The molecule has 0 aliphatic carbocycles. The second-order valence-corrected chi connectivity index (χ2v) is 4.45. The highest BCUT2D eigenvalue weighted by Gasteiger charge is 2.20. The first kappa shape index (κ1) is 14.3. The predicted octanol–water partition coefficient (Wildman–Crippen LogP) is 2.83. The van der Waals surface area contributed by atoms with Crippen LogP contribution >= 0.6 is 0 Å². The molecule has 6 heteroatoms. The topological polar surface area (TPSA) is 34.9 Å². The summed E-state index contributed by atoms with van der Waals surface area (Å²) in [7, 11) is 1.65. The molecule has 0 fully saturated rings. The van der Waals surface area contributed by atoms with Crippen molar-refractivity contribution >= 4 is 5.78 Å². The largest absolute Gasteiger partial charge is 0.294 e. The number of carbonyl (C=O) groups excluding carboxylic acids is 1. The van der Waals surface area contributed by atoms with Gasteiger partial charge < -0.3 is 0 Å². The van der Waals surface area contributed by atoms with Crippen molar-refractivity contribution in [2.24, 2.45) is 7.05 Å². The molecule has 1 aromatic carbocycles. The summed E-state index contributed by atoms with van der Waals surface area (Å²) in [6.45, 7) is 1.91. The fourth-order valence-electron chi connectivity index (χ4n) is 1.97. The monoisotopic (exact) mass is 282 g/mol. The Kier molecular flexibility index (Phi) is 3.92. The van der Waals surface area contributed by atoms with Crippen LogP contribution in [0.25, 0.3) is 0 Å². The zero-order valence-corrected chi connectivity index (χ0v) is 11.1. The third-order valence-corrected chi connectivity index (χ3v) is 3.02. The van der Waals surface area contributed by atoms with E-state index in [0.717, 1.165) is 5.69 Å². The Morgan fingerprint density at radius 2 is 1.80 bits per heavy atom. The van der Waals surface area contributed by atoms with Crippen LogP contribution in [0.1, 0.15) is 28.7 Å². The van der Waals surface area contributed by atoms with Gasteiger partial charge in [0.15, 0.2) is 5.78 Å². The number of aryl methyl sites for hydroxylation is 2. The fraction of sp³-hybridized carbons (Fsp3) is 0.286. The molecule has 1 aromatic heterocycles. The maximum Gasteiger partial charge on any atom is 0.174 e. The number of rotatable bonds is 4. The van der Waals surface area contributed by atoms with Crippen LogP contribution < -0.4 is 0 Å². The van der Waals surface area contributed by atoms with Gasteiger partial charge in [-0.25, -0.2) is 13.2 Å². The average Bonchev–Trinajstić information content (AvgIpc) is 2.68. The van der Waals surface area contributed by atoms with Crippen molar-refractivity contribution in [2.75, 3.05) is 0 Å². The van der Waals surface area contributed by atoms with Crippen molar-refractivity contribution in [3.8, 4) is 0 Å². The Morgan fingerprint density at radius 3 is 2.30 bits per heavy atom. The highest BCUT2D eigenvalue weighted by molar-refractivity contribution is 5.97. The first-order valence-electron chi connectivity index (χ1n) is 6.12. The molecule has 1 heterocycles. The quantitative estimate of drug-likeness (QED) is 0.808. The highest BCUT2D eigenvalue weighted by atomic mass is 19.1. The Labute approximate surface area is 114 Å². The molecule has 2 aromatic rings. The summed E-state index contributed by atoms with van der Waals surface area (Å²) in [6.07, 6.45) is 0.504. The molecule has 0 amide bonds. The third kappa shape index (κ3) is 2.74. The molecule has 0 unspecified atom stereocenters. The molecule has 0 bridgehead atoms. The molecule has 0 aliphatic heterocycles. The molecular weight excluding hydrogens is 269 g/mol. The molecule has 0 saturated carbocycles. The summed E-state index contributed by atoms with van der Waals surface area (Å²) in [4.78, 5) is 12.0. The number of aromatic nitrogens is 2. The van der Waals surface area contributed by atoms with E-state index in [1.807, 2.05) is 6.92 Å². The van der Waals surface area contributed by atoms with Crippen LogP contribution in [0.5, 0.6) is 0 Å². The van der Waals surface area contributed by atoms with E-state index in [0.29, 0.717) is 24.2 Å². The average molecular weight is 282 g/mol. The van der Waals surface area contributed by atoms with Crippen molar-refractivity contribution in [1.82, 2.24) is 9.78 Å². The molecule has 20 heavy (non-hydrogen) atoms. The van der Waals surface area contributed by atoms with Gasteiger partial charge in [-0.2, -0.15) is 5.10 Å². The van der Waals surface area contributed by atoms with Crippen LogP contribution in [-0.2, 0) is 19.9 Å². The van der Waals surface area contributed by atoms with Gasteiger partial charge in [-0.15, -0.1) is 0 Å². The first-order chi connectivity index (χ1) is 9.42. The number of hydrogen-bond donors (Lipinski definition) is 0. The van der Waals surface area contributed by atoms with Crippen molar-refractivity contribution in [1.29, 1.82) is 0 Å². The molecule has 3 nitrogen and oxygen atoms in total. The van der Waals surface area contributed by atoms with E-state index in [-0.39, 0.29) is 6.42 Å². The van der Waals surface area contributed by atoms with E-state index in [1.165, 1.54) is 4.68 Å². The van der Waals surface area contributed by atoms with E-state index < -0.39 is 28.8 Å². The number of halogens is 3. The lowest BCUT2D eigenvalue weighted by atomic mass is 10.0. The van der Waals surface area contributed by atoms with Crippen LogP contribution in [0.4, 0.5) is 13.2 Å². The fourth-order valence-corrected chi connectivity index (χ4v) is 1.97. The smallest absolute Gasteiger partial charge is 0.174 e. The van der Waals surface area contributed by atoms with E-state index in [4.69, 9.17) is 0 Å². The van der Waals surface area contributed by atoms with Gasteiger partial charge in [-0.3, -0.25) is 9.48 Å². The maximum atomic E-state index is 13.5. The molecule has 0 aliphatic rings. The van der Waals surface area contributed by atoms with Crippen LogP contribution in [0, 0.1) is 17.5 Å². The van der Waals surface area contributed by atoms with Crippen molar-refractivity contribution < 1.29 is 18.0 Å². The lowest BCUT2D eigenvalue weighted by molar-refractivity contribution is 0.0982. The SMILES string of the molecule is CCc1cc(CC(=O)c2c(F)cc(F)cc2F)n(C)n1. The van der Waals surface area contributed by atoms with E-state index >= 15 is 0 Å². The van der Waals surface area contributed by atoms with Crippen LogP contribution in [-0.4, -0.2) is 15.6 Å². The zero-order chi connectivity index (χ0) is 14.9. The lowest BCUT2D eigenvalue weighted by Gasteiger charge is -2.05. The van der Waals surface area contributed by atoms with Crippen LogP contribution in [0.3, 0.4) is 0 Å². The van der Waals surface area contributed by atoms with Gasteiger partial charge in [0.05, 0.1) is 17.7 Å². The van der Waals surface area contributed by atoms with Gasteiger partial charge in [-0.1, -0.05) is 6.92 Å². The van der Waals surface area contributed by atoms with Crippen LogP contribution in [0.15, 0.2) is 18.2 Å². The predicted molar refractivity (Wildman–Crippen MR) is 66.9 cm³/mol. The molecule has 2 rings (SSSR count). The summed E-state index contributed by atoms with van der Waals surface area (Å²) >= 11 is 0. The maximum absolute atomic E-state index is 13.5. The summed E-state index contributed by atoms with van der Waals surface area (Å²) in [6, 6.07) is 2.70. The van der Waals surface area contributed by atoms with Gasteiger partial charge in [-0.05, 0) is 12.5 Å². The van der Waals surface area contributed by atoms with Crippen molar-refractivity contribution in [3.05, 3.63) is 52.6 Å². The third-order valence-electron chi connectivity index (χ3n) is 3.02. The minimum Gasteiger partial charge on any atom is -0.294 e. The van der Waals surface area contributed by atoms with Crippen molar-refractivity contribution in [2.45, 2.75) is 19.8 Å². The standard InChI is InChI=1S/C14H13F3N2O/c1-3-9-6-10(19(2)18-9)7-13(20)14-11(16)4-8(15)5-12(14)17/h4-6H,3,7H2,1-2H3. The van der Waals surface area contributed by atoms with E-state index in [2.05, 4.69) is 5.10 Å². The minimum atomic E-state index is -1.19. The van der Waals surface area contributed by atoms with Gasteiger partial charge in [0.2, 0.25) is 0 Å². The Hall–Kier alpha value is -2.11. The first-order valence-corrected chi connectivity index (χ1v) is 6.12. The summed E-state index contributed by atoms with van der Waals surface area (Å²) in [5, 5.41) is 4.15. The normalized spacial score (nSPS) is 10.8. The van der Waals surface area contributed by atoms with Crippen molar-refractivity contribution in [3.63, 3.8) is 0 Å². The Morgan fingerprint density at radius 1 is 1.20 bits per heavy atom. The van der Waals surface area contributed by atoms with E-state index in [9.17, 15) is 18.0 Å². The summed E-state index contributed by atoms with van der Waals surface area (Å²) in [5.41, 5.74) is 0.621. The van der Waals surface area contributed by atoms with Gasteiger partial charge in [0.25, 0.3) is 0 Å². The molecule has 106 valence electrons. The minimum absolute atomic E-state index is 0.191. The zero-order valence-electron chi connectivity index (χ0n) is 11.1. The summed E-state index contributed by atoms with van der Waals surface area (Å²) in [5.74, 6) is -4.17. The second-order valence-electron chi connectivity index (χ2n) is 4.45. The Balaban J connectivity index is 2.30. The number of benzene rings is 1. The van der Waals surface area contributed by atoms with Crippen LogP contribution in [0.2, 0.25) is 0 Å². The number of Topliss-reactive ketones (excluding diaryl/α,β-unsaturated/α-hetero) is 1. The molecule has 0 saturated heterocycles. The van der Waals surface area contributed by atoms with E-state index in [1.54, 1.807) is 13.1 Å². The second kappa shape index (κ2) is 5.48. The summed E-state index contributed by atoms with van der Waals surface area (Å²) < 4.78 is 41.3. The van der Waals surface area contributed by atoms with Gasteiger partial charge in [0, 0.05) is 24.9 Å². The number of nitrogens with zero attached hydrogens (tertiary/aromatic N) is 2. The molecule has 0 atom stereocenters. The molecular formula is C14H13F3N2O. The van der Waals surface area contributed by atoms with Gasteiger partial charge >= 0.3 is 0 Å². The molecule has 0 spiro atoms. The van der Waals surface area contributed by atoms with Gasteiger partial charge in [0.1, 0.15) is 17.5 Å². The molecule has 0 radical (unpaired) electrons.